The summed E-state index contributed by atoms with van der Waals surface area (Å²) in [5, 5.41) is 6.21. The first-order valence-electron chi connectivity index (χ1n) is 6.56. The SMILES string of the molecule is CC(C)CC(=O)N(CC(=O)Nc1ccon1)C1CC1. The van der Waals surface area contributed by atoms with E-state index in [1.807, 2.05) is 13.8 Å². The molecule has 104 valence electrons. The van der Waals surface area contributed by atoms with Crippen molar-refractivity contribution >= 4 is 17.6 Å². The molecule has 1 aliphatic carbocycles. The average Bonchev–Trinajstić information content (AvgIpc) is 3.04. The molecule has 6 heteroatoms. The van der Waals surface area contributed by atoms with Crippen molar-refractivity contribution < 1.29 is 14.1 Å². The van der Waals surface area contributed by atoms with Gasteiger partial charge in [0.05, 0.1) is 0 Å². The zero-order valence-corrected chi connectivity index (χ0v) is 11.3. The number of rotatable bonds is 6. The number of anilines is 1. The van der Waals surface area contributed by atoms with E-state index in [-0.39, 0.29) is 24.4 Å². The van der Waals surface area contributed by atoms with Crippen LogP contribution in [0.4, 0.5) is 5.82 Å². The molecule has 0 radical (unpaired) electrons. The fraction of sp³-hybridized carbons (Fsp3) is 0.615. The van der Waals surface area contributed by atoms with Crippen LogP contribution >= 0.6 is 0 Å². The van der Waals surface area contributed by atoms with E-state index in [9.17, 15) is 9.59 Å². The predicted octanol–water partition coefficient (Wildman–Crippen LogP) is 1.65. The lowest BCUT2D eigenvalue weighted by atomic mass is 10.1. The summed E-state index contributed by atoms with van der Waals surface area (Å²) in [4.78, 5) is 25.6. The quantitative estimate of drug-likeness (QED) is 0.848. The zero-order chi connectivity index (χ0) is 13.8. The maximum absolute atomic E-state index is 12.1. The first-order chi connectivity index (χ1) is 9.06. The van der Waals surface area contributed by atoms with E-state index in [0.29, 0.717) is 18.2 Å². The Kier molecular flexibility index (Phi) is 4.19. The van der Waals surface area contributed by atoms with Gasteiger partial charge in [-0.25, -0.2) is 0 Å². The van der Waals surface area contributed by atoms with Crippen molar-refractivity contribution in [2.24, 2.45) is 5.92 Å². The highest BCUT2D eigenvalue weighted by atomic mass is 16.5. The summed E-state index contributed by atoms with van der Waals surface area (Å²) in [7, 11) is 0. The van der Waals surface area contributed by atoms with E-state index < -0.39 is 0 Å². The molecular weight excluding hydrogens is 246 g/mol. The van der Waals surface area contributed by atoms with Gasteiger partial charge in [0.1, 0.15) is 12.8 Å². The van der Waals surface area contributed by atoms with E-state index in [2.05, 4.69) is 15.0 Å². The van der Waals surface area contributed by atoms with Gasteiger partial charge in [0.2, 0.25) is 11.8 Å². The monoisotopic (exact) mass is 265 g/mol. The van der Waals surface area contributed by atoms with Crippen LogP contribution in [0.1, 0.15) is 33.1 Å². The Morgan fingerprint density at radius 3 is 2.79 bits per heavy atom. The molecule has 1 aromatic heterocycles. The van der Waals surface area contributed by atoms with E-state index in [1.165, 1.54) is 6.26 Å². The largest absolute Gasteiger partial charge is 0.363 e. The highest BCUT2D eigenvalue weighted by Gasteiger charge is 2.33. The fourth-order valence-corrected chi connectivity index (χ4v) is 1.89. The number of amides is 2. The van der Waals surface area contributed by atoms with Crippen LogP contribution in [0.3, 0.4) is 0 Å². The van der Waals surface area contributed by atoms with Gasteiger partial charge in [-0.3, -0.25) is 9.59 Å². The van der Waals surface area contributed by atoms with E-state index in [0.717, 1.165) is 12.8 Å². The highest BCUT2D eigenvalue weighted by Crippen LogP contribution is 2.27. The van der Waals surface area contributed by atoms with Crippen molar-refractivity contribution in [1.29, 1.82) is 0 Å². The molecule has 0 atom stereocenters. The molecule has 2 amide bonds. The molecule has 6 nitrogen and oxygen atoms in total. The number of aromatic nitrogens is 1. The van der Waals surface area contributed by atoms with Gasteiger partial charge in [0.25, 0.3) is 0 Å². The van der Waals surface area contributed by atoms with Crippen molar-refractivity contribution in [2.45, 2.75) is 39.2 Å². The molecule has 2 rings (SSSR count). The molecular formula is C13H19N3O3. The normalized spacial score (nSPS) is 14.5. The van der Waals surface area contributed by atoms with Crippen LogP contribution in [0.25, 0.3) is 0 Å². The summed E-state index contributed by atoms with van der Waals surface area (Å²) in [5.41, 5.74) is 0. The number of nitrogens with zero attached hydrogens (tertiary/aromatic N) is 2. The van der Waals surface area contributed by atoms with Crippen LogP contribution in [-0.4, -0.2) is 34.5 Å². The molecule has 0 aromatic carbocycles. The number of hydrogen-bond acceptors (Lipinski definition) is 4. The summed E-state index contributed by atoms with van der Waals surface area (Å²) < 4.78 is 4.63. The lowest BCUT2D eigenvalue weighted by molar-refractivity contribution is -0.135. The summed E-state index contributed by atoms with van der Waals surface area (Å²) in [6, 6.07) is 1.80. The molecule has 1 aliphatic rings. The van der Waals surface area contributed by atoms with Crippen LogP contribution in [0, 0.1) is 5.92 Å². The minimum absolute atomic E-state index is 0.0489. The lowest BCUT2D eigenvalue weighted by Crippen LogP contribution is -2.40. The molecule has 0 bridgehead atoms. The third-order valence-corrected chi connectivity index (χ3v) is 2.91. The molecule has 0 unspecified atom stereocenters. The van der Waals surface area contributed by atoms with Crippen molar-refractivity contribution in [2.75, 3.05) is 11.9 Å². The summed E-state index contributed by atoms with van der Waals surface area (Å²) >= 11 is 0. The molecule has 1 aromatic rings. The van der Waals surface area contributed by atoms with E-state index in [1.54, 1.807) is 11.0 Å². The minimum atomic E-state index is -0.238. The van der Waals surface area contributed by atoms with Gasteiger partial charge < -0.3 is 14.7 Å². The van der Waals surface area contributed by atoms with Crippen LogP contribution in [0.2, 0.25) is 0 Å². The number of hydrogen-bond donors (Lipinski definition) is 1. The van der Waals surface area contributed by atoms with Gasteiger partial charge in [-0.1, -0.05) is 19.0 Å². The van der Waals surface area contributed by atoms with Crippen LogP contribution in [-0.2, 0) is 9.59 Å². The average molecular weight is 265 g/mol. The second-order valence-electron chi connectivity index (χ2n) is 5.28. The summed E-state index contributed by atoms with van der Waals surface area (Å²) in [6.45, 7) is 4.08. The van der Waals surface area contributed by atoms with E-state index >= 15 is 0 Å². The van der Waals surface area contributed by atoms with Gasteiger partial charge in [-0.05, 0) is 18.8 Å². The smallest absolute Gasteiger partial charge is 0.245 e. The maximum Gasteiger partial charge on any atom is 0.245 e. The van der Waals surface area contributed by atoms with Crippen LogP contribution in [0.5, 0.6) is 0 Å². The van der Waals surface area contributed by atoms with Crippen molar-refractivity contribution in [1.82, 2.24) is 10.1 Å². The van der Waals surface area contributed by atoms with Crippen LogP contribution < -0.4 is 5.32 Å². The van der Waals surface area contributed by atoms with Crippen molar-refractivity contribution in [3.8, 4) is 0 Å². The lowest BCUT2D eigenvalue weighted by Gasteiger charge is -2.22. The maximum atomic E-state index is 12.1. The molecule has 1 fully saturated rings. The first kappa shape index (κ1) is 13.6. The number of nitrogens with one attached hydrogen (secondary N) is 1. The van der Waals surface area contributed by atoms with E-state index in [4.69, 9.17) is 0 Å². The van der Waals surface area contributed by atoms with Crippen molar-refractivity contribution in [3.63, 3.8) is 0 Å². The highest BCUT2D eigenvalue weighted by molar-refractivity contribution is 5.93. The molecule has 1 saturated carbocycles. The third-order valence-electron chi connectivity index (χ3n) is 2.91. The Morgan fingerprint density at radius 2 is 2.26 bits per heavy atom. The third kappa shape index (κ3) is 4.08. The Hall–Kier alpha value is -1.85. The number of carbonyl (C=O) groups is 2. The Balaban J connectivity index is 1.89. The molecule has 0 spiro atoms. The Labute approximate surface area is 112 Å². The van der Waals surface area contributed by atoms with Gasteiger partial charge >= 0.3 is 0 Å². The first-order valence-corrected chi connectivity index (χ1v) is 6.56. The molecule has 1 N–H and O–H groups in total. The molecule has 1 heterocycles. The molecule has 19 heavy (non-hydrogen) atoms. The van der Waals surface area contributed by atoms with Gasteiger partial charge in [-0.2, -0.15) is 0 Å². The second kappa shape index (κ2) is 5.86. The standard InChI is InChI=1S/C13H19N3O3/c1-9(2)7-13(18)16(10-3-4-10)8-12(17)14-11-5-6-19-15-11/h5-6,9-10H,3-4,7-8H2,1-2H3,(H,14,15,17). The molecule has 0 aliphatic heterocycles. The summed E-state index contributed by atoms with van der Waals surface area (Å²) in [6.07, 6.45) is 3.84. The zero-order valence-electron chi connectivity index (χ0n) is 11.3. The van der Waals surface area contributed by atoms with Gasteiger partial charge in [0.15, 0.2) is 5.82 Å². The molecule has 0 saturated heterocycles. The van der Waals surface area contributed by atoms with Gasteiger partial charge in [-0.15, -0.1) is 0 Å². The topological polar surface area (TPSA) is 75.4 Å². The second-order valence-corrected chi connectivity index (χ2v) is 5.28. The fourth-order valence-electron chi connectivity index (χ4n) is 1.89. The number of carbonyl (C=O) groups excluding carboxylic acids is 2. The summed E-state index contributed by atoms with van der Waals surface area (Å²) in [5.74, 6) is 0.482. The van der Waals surface area contributed by atoms with Crippen LogP contribution in [0.15, 0.2) is 16.9 Å². The Morgan fingerprint density at radius 1 is 1.53 bits per heavy atom. The predicted molar refractivity (Wildman–Crippen MR) is 69.3 cm³/mol. The minimum Gasteiger partial charge on any atom is -0.363 e. The Bertz CT molecular complexity index is 438. The van der Waals surface area contributed by atoms with Gasteiger partial charge in [0, 0.05) is 18.5 Å². The van der Waals surface area contributed by atoms with Crippen molar-refractivity contribution in [3.05, 3.63) is 12.3 Å².